The number of halogens is 1. The van der Waals surface area contributed by atoms with Gasteiger partial charge in [0.05, 0.1) is 17.8 Å². The van der Waals surface area contributed by atoms with Gasteiger partial charge in [-0.05, 0) is 44.0 Å². The number of hydrogen-bond donors (Lipinski definition) is 2. The van der Waals surface area contributed by atoms with Gasteiger partial charge in [0.25, 0.3) is 5.91 Å². The molecule has 0 saturated heterocycles. The third-order valence-corrected chi connectivity index (χ3v) is 4.16. The normalized spacial score (nSPS) is 12.0. The van der Waals surface area contributed by atoms with Crippen LogP contribution in [-0.4, -0.2) is 19.5 Å². The van der Waals surface area contributed by atoms with E-state index in [4.69, 9.17) is 11.6 Å². The van der Waals surface area contributed by atoms with E-state index in [2.05, 4.69) is 37.4 Å². The predicted octanol–water partition coefficient (Wildman–Crippen LogP) is 2.92. The summed E-state index contributed by atoms with van der Waals surface area (Å²) in [5.74, 6) is -0.0296. The van der Waals surface area contributed by atoms with Gasteiger partial charge in [0, 0.05) is 5.56 Å². The lowest BCUT2D eigenvalue weighted by Gasteiger charge is -2.16. The molecule has 0 saturated carbocycles. The second-order valence-electron chi connectivity index (χ2n) is 6.27. The molecule has 0 fully saturated rings. The maximum atomic E-state index is 12.2. The highest BCUT2D eigenvalue weighted by Crippen LogP contribution is 2.22. The van der Waals surface area contributed by atoms with Crippen LogP contribution in [0.25, 0.3) is 0 Å². The van der Waals surface area contributed by atoms with Gasteiger partial charge in [0.2, 0.25) is 0 Å². The minimum Gasteiger partial charge on any atom is -0.326 e. The van der Waals surface area contributed by atoms with Crippen molar-refractivity contribution in [3.63, 3.8) is 0 Å². The Labute approximate surface area is 143 Å². The lowest BCUT2D eigenvalue weighted by atomic mass is 10.1. The fraction of sp³-hybridized carbons (Fsp3) is 0.316. The predicted molar refractivity (Wildman–Crippen MR) is 96.2 cm³/mol. The molecule has 122 valence electrons. The Bertz CT molecular complexity index is 713. The third-order valence-electron chi connectivity index (χ3n) is 3.85. The minimum absolute atomic E-state index is 0.0296. The summed E-state index contributed by atoms with van der Waals surface area (Å²) in [7, 11) is 2.02. The van der Waals surface area contributed by atoms with Crippen molar-refractivity contribution in [1.82, 2.24) is 0 Å². The molecule has 0 aliphatic heterocycles. The number of nitrogens with one attached hydrogen (secondary N) is 2. The molecule has 3 nitrogen and oxygen atoms in total. The number of anilines is 1. The van der Waals surface area contributed by atoms with Crippen molar-refractivity contribution in [2.24, 2.45) is 0 Å². The van der Waals surface area contributed by atoms with E-state index in [1.54, 1.807) is 0 Å². The number of amides is 1. The number of quaternary nitrogens is 1. The van der Waals surface area contributed by atoms with Gasteiger partial charge in [-0.1, -0.05) is 41.4 Å². The standard InChI is InChI=1S/C19H23ClN2O/c1-13-5-7-16(15(3)9-13)11-22(4)12-19(23)21-18-8-6-14(2)10-17(18)20/h5-10H,11-12H2,1-4H3,(H,21,23)/p+1. The number of likely N-dealkylation sites (N-methyl/N-ethyl adjacent to an activating group) is 1. The maximum absolute atomic E-state index is 12.2. The third kappa shape index (κ3) is 5.08. The minimum atomic E-state index is -0.0296. The van der Waals surface area contributed by atoms with Gasteiger partial charge in [-0.15, -0.1) is 0 Å². The van der Waals surface area contributed by atoms with E-state index >= 15 is 0 Å². The Kier molecular flexibility index (Phi) is 5.80. The van der Waals surface area contributed by atoms with Gasteiger partial charge in [0.1, 0.15) is 6.54 Å². The van der Waals surface area contributed by atoms with Crippen molar-refractivity contribution in [2.45, 2.75) is 27.3 Å². The van der Waals surface area contributed by atoms with Crippen LogP contribution >= 0.6 is 11.6 Å². The summed E-state index contributed by atoms with van der Waals surface area (Å²) in [4.78, 5) is 13.3. The van der Waals surface area contributed by atoms with E-state index in [9.17, 15) is 4.79 Å². The summed E-state index contributed by atoms with van der Waals surface area (Å²) in [6.07, 6.45) is 0. The van der Waals surface area contributed by atoms with Crippen molar-refractivity contribution >= 4 is 23.2 Å². The zero-order chi connectivity index (χ0) is 17.0. The zero-order valence-corrected chi connectivity index (χ0v) is 14.9. The van der Waals surface area contributed by atoms with Gasteiger partial charge in [0.15, 0.2) is 6.54 Å². The molecule has 2 aromatic rings. The van der Waals surface area contributed by atoms with Crippen molar-refractivity contribution in [1.29, 1.82) is 0 Å². The van der Waals surface area contributed by atoms with Crippen LogP contribution in [0.3, 0.4) is 0 Å². The smallest absolute Gasteiger partial charge is 0.279 e. The highest BCUT2D eigenvalue weighted by Gasteiger charge is 2.13. The largest absolute Gasteiger partial charge is 0.326 e. The molecule has 1 atom stereocenters. The maximum Gasteiger partial charge on any atom is 0.279 e. The molecule has 0 aliphatic rings. The molecular weight excluding hydrogens is 308 g/mol. The Morgan fingerprint density at radius 3 is 2.39 bits per heavy atom. The number of rotatable bonds is 5. The first-order valence-electron chi connectivity index (χ1n) is 7.78. The molecule has 23 heavy (non-hydrogen) atoms. The average molecular weight is 332 g/mol. The van der Waals surface area contributed by atoms with Crippen LogP contribution in [0.15, 0.2) is 36.4 Å². The molecule has 0 radical (unpaired) electrons. The molecule has 2 rings (SSSR count). The van der Waals surface area contributed by atoms with Crippen LogP contribution in [-0.2, 0) is 11.3 Å². The van der Waals surface area contributed by atoms with Crippen molar-refractivity contribution in [3.05, 3.63) is 63.7 Å². The van der Waals surface area contributed by atoms with Crippen LogP contribution in [0.4, 0.5) is 5.69 Å². The molecule has 2 aromatic carbocycles. The summed E-state index contributed by atoms with van der Waals surface area (Å²) in [6, 6.07) is 12.1. The number of benzene rings is 2. The van der Waals surface area contributed by atoms with Crippen LogP contribution in [0.2, 0.25) is 5.02 Å². The Balaban J connectivity index is 1.94. The quantitative estimate of drug-likeness (QED) is 0.867. The summed E-state index contributed by atoms with van der Waals surface area (Å²) in [5, 5.41) is 3.46. The second kappa shape index (κ2) is 7.62. The second-order valence-corrected chi connectivity index (χ2v) is 6.68. The van der Waals surface area contributed by atoms with Gasteiger partial charge in [-0.2, -0.15) is 0 Å². The summed E-state index contributed by atoms with van der Waals surface area (Å²) < 4.78 is 0. The zero-order valence-electron chi connectivity index (χ0n) is 14.2. The molecule has 0 bridgehead atoms. The Morgan fingerprint density at radius 2 is 1.74 bits per heavy atom. The molecule has 0 spiro atoms. The van der Waals surface area contributed by atoms with Gasteiger partial charge < -0.3 is 10.2 Å². The van der Waals surface area contributed by atoms with Crippen LogP contribution in [0, 0.1) is 20.8 Å². The van der Waals surface area contributed by atoms with Crippen LogP contribution in [0.1, 0.15) is 22.3 Å². The number of hydrogen-bond acceptors (Lipinski definition) is 1. The van der Waals surface area contributed by atoms with E-state index in [1.165, 1.54) is 16.7 Å². The summed E-state index contributed by atoms with van der Waals surface area (Å²) >= 11 is 6.15. The van der Waals surface area contributed by atoms with Crippen molar-refractivity contribution in [3.8, 4) is 0 Å². The van der Waals surface area contributed by atoms with E-state index in [0.717, 1.165) is 17.0 Å². The fourth-order valence-corrected chi connectivity index (χ4v) is 2.90. The Hall–Kier alpha value is -1.84. The van der Waals surface area contributed by atoms with E-state index in [1.807, 2.05) is 32.2 Å². The summed E-state index contributed by atoms with van der Waals surface area (Å²) in [6.45, 7) is 7.39. The average Bonchev–Trinajstić information content (AvgIpc) is 2.45. The van der Waals surface area contributed by atoms with Crippen LogP contribution < -0.4 is 10.2 Å². The number of carbonyl (C=O) groups excluding carboxylic acids is 1. The van der Waals surface area contributed by atoms with E-state index < -0.39 is 0 Å². The first-order chi connectivity index (χ1) is 10.8. The molecule has 0 aromatic heterocycles. The molecular formula is C19H24ClN2O+. The number of aryl methyl sites for hydroxylation is 3. The fourth-order valence-electron chi connectivity index (χ4n) is 2.62. The molecule has 0 aliphatic carbocycles. The van der Waals surface area contributed by atoms with Gasteiger partial charge >= 0.3 is 0 Å². The molecule has 1 amide bonds. The lowest BCUT2D eigenvalue weighted by molar-refractivity contribution is -0.885. The SMILES string of the molecule is Cc1ccc(C[NH+](C)CC(=O)Nc2ccc(C)cc2Cl)c(C)c1. The molecule has 0 heterocycles. The van der Waals surface area contributed by atoms with Crippen LogP contribution in [0.5, 0.6) is 0 Å². The Morgan fingerprint density at radius 1 is 1.09 bits per heavy atom. The van der Waals surface area contributed by atoms with E-state index in [-0.39, 0.29) is 5.91 Å². The monoisotopic (exact) mass is 331 g/mol. The topological polar surface area (TPSA) is 33.5 Å². The van der Waals surface area contributed by atoms with Gasteiger partial charge in [-0.25, -0.2) is 0 Å². The van der Waals surface area contributed by atoms with Crippen molar-refractivity contribution in [2.75, 3.05) is 18.9 Å². The highest BCUT2D eigenvalue weighted by atomic mass is 35.5. The van der Waals surface area contributed by atoms with Gasteiger partial charge in [-0.3, -0.25) is 4.79 Å². The first-order valence-corrected chi connectivity index (χ1v) is 8.16. The molecule has 1 unspecified atom stereocenters. The van der Waals surface area contributed by atoms with Crippen molar-refractivity contribution < 1.29 is 9.69 Å². The first kappa shape index (κ1) is 17.5. The number of carbonyl (C=O) groups is 1. The molecule has 4 heteroatoms. The summed E-state index contributed by atoms with van der Waals surface area (Å²) in [5.41, 5.74) is 5.54. The highest BCUT2D eigenvalue weighted by molar-refractivity contribution is 6.33. The van der Waals surface area contributed by atoms with E-state index in [0.29, 0.717) is 17.3 Å². The lowest BCUT2D eigenvalue weighted by Crippen LogP contribution is -3.08. The molecule has 2 N–H and O–H groups in total.